The van der Waals surface area contributed by atoms with Gasteiger partial charge in [0, 0.05) is 13.0 Å². The molecule has 0 aromatic heterocycles. The molecule has 9 heteroatoms. The summed E-state index contributed by atoms with van der Waals surface area (Å²) in [4.78, 5) is 24.3. The second-order valence-corrected chi connectivity index (χ2v) is 12.2. The molecule has 0 radical (unpaired) electrons. The lowest BCUT2D eigenvalue weighted by Gasteiger charge is -2.28. The summed E-state index contributed by atoms with van der Waals surface area (Å²) in [5.41, 5.74) is 0. The van der Waals surface area contributed by atoms with Crippen LogP contribution in [0, 0.1) is 0 Å². The van der Waals surface area contributed by atoms with Gasteiger partial charge in [-0.2, -0.15) is 0 Å². The van der Waals surface area contributed by atoms with Crippen LogP contribution >= 0.6 is 7.82 Å². The minimum atomic E-state index is -4.48. The largest absolute Gasteiger partial charge is 0.756 e. The number of unbranched alkanes of at least 4 members (excludes halogenated alkanes) is 12. The Balaban J connectivity index is 4.30. The first kappa shape index (κ1) is 35.5. The number of carbonyl (C=O) groups is 1. The highest BCUT2D eigenvalue weighted by molar-refractivity contribution is 7.45. The van der Waals surface area contributed by atoms with E-state index < -0.39 is 13.9 Å². The summed E-state index contributed by atoms with van der Waals surface area (Å²) in [7, 11) is 1.36. The molecule has 0 fully saturated rings. The summed E-state index contributed by atoms with van der Waals surface area (Å²) in [6.07, 6.45) is 15.8. The number of hydrogen-bond donors (Lipinski definition) is 0. The monoisotopic (exact) mass is 537 g/mol. The van der Waals surface area contributed by atoms with E-state index in [-0.39, 0.29) is 25.8 Å². The van der Waals surface area contributed by atoms with Gasteiger partial charge in [-0.1, -0.05) is 90.9 Å². The number of phosphoric ester groups is 1. The Morgan fingerprint density at radius 1 is 0.750 bits per heavy atom. The first-order valence-electron chi connectivity index (χ1n) is 14.3. The van der Waals surface area contributed by atoms with Gasteiger partial charge in [0.1, 0.15) is 19.3 Å². The van der Waals surface area contributed by atoms with Crippen molar-refractivity contribution >= 4 is 13.8 Å². The van der Waals surface area contributed by atoms with Gasteiger partial charge in [-0.15, -0.1) is 0 Å². The molecule has 0 saturated carbocycles. The maximum Gasteiger partial charge on any atom is 0.306 e. The van der Waals surface area contributed by atoms with Gasteiger partial charge in [-0.3, -0.25) is 9.36 Å². The zero-order chi connectivity index (χ0) is 27.1. The number of rotatable bonds is 26. The second kappa shape index (κ2) is 22.5. The summed E-state index contributed by atoms with van der Waals surface area (Å²) >= 11 is 0. The minimum Gasteiger partial charge on any atom is -0.756 e. The molecular formula is C27H56NO7P. The first-order valence-corrected chi connectivity index (χ1v) is 15.7. The Kier molecular flexibility index (Phi) is 22.2. The smallest absolute Gasteiger partial charge is 0.306 e. The molecule has 0 rings (SSSR count). The summed E-state index contributed by atoms with van der Waals surface area (Å²) < 4.78 is 33.9. The lowest BCUT2D eigenvalue weighted by Crippen LogP contribution is -2.37. The fraction of sp³-hybridized carbons (Fsp3) is 0.963. The highest BCUT2D eigenvalue weighted by atomic mass is 31.2. The lowest BCUT2D eigenvalue weighted by atomic mass is 10.1. The molecule has 216 valence electrons. The summed E-state index contributed by atoms with van der Waals surface area (Å²) in [5, 5.41) is 0. The summed E-state index contributed by atoms with van der Waals surface area (Å²) in [6, 6.07) is 0. The van der Waals surface area contributed by atoms with Crippen LogP contribution in [0.15, 0.2) is 0 Å². The molecule has 0 aliphatic heterocycles. The van der Waals surface area contributed by atoms with Crippen LogP contribution in [0.2, 0.25) is 0 Å². The van der Waals surface area contributed by atoms with Crippen LogP contribution in [-0.4, -0.2) is 70.7 Å². The number of quaternary nitrogens is 1. The van der Waals surface area contributed by atoms with E-state index in [1.807, 2.05) is 21.1 Å². The quantitative estimate of drug-likeness (QED) is 0.0577. The van der Waals surface area contributed by atoms with Crippen LogP contribution in [0.25, 0.3) is 0 Å². The Hall–Kier alpha value is -0.500. The molecule has 8 nitrogen and oxygen atoms in total. The highest BCUT2D eigenvalue weighted by Gasteiger charge is 2.20. The lowest BCUT2D eigenvalue weighted by molar-refractivity contribution is -0.870. The van der Waals surface area contributed by atoms with Gasteiger partial charge >= 0.3 is 5.97 Å². The topological polar surface area (TPSA) is 94.1 Å². The van der Waals surface area contributed by atoms with Crippen molar-refractivity contribution in [2.45, 2.75) is 116 Å². The summed E-state index contributed by atoms with van der Waals surface area (Å²) in [5.74, 6) is -0.353. The number of esters is 1. The van der Waals surface area contributed by atoms with E-state index in [0.717, 1.165) is 38.5 Å². The number of phosphoric acid groups is 1. The van der Waals surface area contributed by atoms with E-state index in [4.69, 9.17) is 18.5 Å². The maximum absolute atomic E-state index is 12.2. The standard InChI is InChI=1S/C27H56NO7P/c1-6-8-10-12-13-14-15-16-17-19-22-32-24-26(35-27(29)20-18-11-9-7-2)25-34-36(30,31)33-23-21-28(3,4)5/h26H,6-25H2,1-5H3. The fourth-order valence-electron chi connectivity index (χ4n) is 3.60. The number of hydrogen-bond acceptors (Lipinski definition) is 7. The molecule has 36 heavy (non-hydrogen) atoms. The van der Waals surface area contributed by atoms with Crippen molar-refractivity contribution in [3.8, 4) is 0 Å². The molecule has 0 aromatic carbocycles. The molecular weight excluding hydrogens is 481 g/mol. The average Bonchev–Trinajstić information content (AvgIpc) is 2.80. The highest BCUT2D eigenvalue weighted by Crippen LogP contribution is 2.38. The average molecular weight is 538 g/mol. The van der Waals surface area contributed by atoms with Crippen molar-refractivity contribution in [1.29, 1.82) is 0 Å². The van der Waals surface area contributed by atoms with E-state index in [1.54, 1.807) is 0 Å². The van der Waals surface area contributed by atoms with Gasteiger partial charge < -0.3 is 27.9 Å². The van der Waals surface area contributed by atoms with Crippen LogP contribution in [0.5, 0.6) is 0 Å². The first-order chi connectivity index (χ1) is 17.1. The zero-order valence-corrected chi connectivity index (χ0v) is 24.9. The third-order valence-electron chi connectivity index (χ3n) is 5.91. The van der Waals surface area contributed by atoms with Gasteiger partial charge in [-0.05, 0) is 12.8 Å². The normalized spacial score (nSPS) is 14.5. The molecule has 0 aromatic rings. The van der Waals surface area contributed by atoms with Crippen LogP contribution in [-0.2, 0) is 27.9 Å². The molecule has 0 heterocycles. The third kappa shape index (κ3) is 25.2. The molecule has 0 amide bonds. The van der Waals surface area contributed by atoms with Crippen molar-refractivity contribution in [3.63, 3.8) is 0 Å². The number of likely N-dealkylation sites (N-methyl/N-ethyl adjacent to an activating group) is 1. The molecule has 0 saturated heterocycles. The van der Waals surface area contributed by atoms with E-state index in [0.29, 0.717) is 24.1 Å². The van der Waals surface area contributed by atoms with Gasteiger partial charge in [0.2, 0.25) is 0 Å². The molecule has 0 N–H and O–H groups in total. The Morgan fingerprint density at radius 3 is 1.83 bits per heavy atom. The fourth-order valence-corrected chi connectivity index (χ4v) is 4.33. The van der Waals surface area contributed by atoms with E-state index >= 15 is 0 Å². The van der Waals surface area contributed by atoms with Gasteiger partial charge in [0.05, 0.1) is 34.4 Å². The minimum absolute atomic E-state index is 0.0292. The second-order valence-electron chi connectivity index (χ2n) is 10.8. The molecule has 0 aliphatic rings. The molecule has 2 atom stereocenters. The Morgan fingerprint density at radius 2 is 1.28 bits per heavy atom. The molecule has 2 unspecified atom stereocenters. The third-order valence-corrected chi connectivity index (χ3v) is 6.87. The summed E-state index contributed by atoms with van der Waals surface area (Å²) in [6.45, 7) is 5.26. The predicted molar refractivity (Wildman–Crippen MR) is 144 cm³/mol. The Labute approximate surface area is 221 Å². The molecule has 0 bridgehead atoms. The van der Waals surface area contributed by atoms with Gasteiger partial charge in [0.15, 0.2) is 0 Å². The van der Waals surface area contributed by atoms with E-state index in [9.17, 15) is 14.3 Å². The van der Waals surface area contributed by atoms with Gasteiger partial charge in [0.25, 0.3) is 7.82 Å². The van der Waals surface area contributed by atoms with Crippen molar-refractivity contribution in [3.05, 3.63) is 0 Å². The zero-order valence-electron chi connectivity index (χ0n) is 24.0. The number of carbonyl (C=O) groups excluding carboxylic acids is 1. The van der Waals surface area contributed by atoms with Crippen molar-refractivity contribution in [2.75, 3.05) is 54.1 Å². The number of ether oxygens (including phenoxy) is 2. The Bertz CT molecular complexity index is 569. The van der Waals surface area contributed by atoms with Crippen molar-refractivity contribution in [2.24, 2.45) is 0 Å². The van der Waals surface area contributed by atoms with Crippen LogP contribution in [0.1, 0.15) is 110 Å². The maximum atomic E-state index is 12.2. The van der Waals surface area contributed by atoms with Crippen molar-refractivity contribution in [1.82, 2.24) is 0 Å². The number of nitrogens with zero attached hydrogens (tertiary/aromatic N) is 1. The van der Waals surface area contributed by atoms with Crippen LogP contribution in [0.4, 0.5) is 0 Å². The molecule has 0 spiro atoms. The van der Waals surface area contributed by atoms with Gasteiger partial charge in [-0.25, -0.2) is 0 Å². The van der Waals surface area contributed by atoms with Crippen molar-refractivity contribution < 1.29 is 37.3 Å². The SMILES string of the molecule is CCCCCCCCCCCCOCC(COP(=O)([O-])OCC[N+](C)(C)C)OC(=O)CCCCCC. The van der Waals surface area contributed by atoms with E-state index in [1.165, 1.54) is 51.4 Å². The van der Waals surface area contributed by atoms with E-state index in [2.05, 4.69) is 13.8 Å². The van der Waals surface area contributed by atoms with Crippen LogP contribution in [0.3, 0.4) is 0 Å². The molecule has 0 aliphatic carbocycles. The van der Waals surface area contributed by atoms with Crippen LogP contribution < -0.4 is 4.89 Å². The predicted octanol–water partition coefficient (Wildman–Crippen LogP) is 6.01.